The molecule has 5 nitrogen and oxygen atoms in total. The Kier molecular flexibility index (Phi) is 4.88. The molecular formula is C20H17BrF3N3O2. The standard InChI is InChI=1S/C20H17BrF3N3O2/c21-13-3-4-14-15(8-13)19(5-6-19)11-27(18(14)29)10-16(28)26-9-12-2-1-7-25-17(12)20(22,23)24/h1-4,7-8H,5-6,9-11H2,(H,26,28). The smallest absolute Gasteiger partial charge is 0.350 e. The lowest BCUT2D eigenvalue weighted by Crippen LogP contribution is -2.47. The second-order valence-electron chi connectivity index (χ2n) is 7.42. The maximum absolute atomic E-state index is 13.0. The van der Waals surface area contributed by atoms with Gasteiger partial charge < -0.3 is 10.2 Å². The van der Waals surface area contributed by atoms with Crippen LogP contribution in [0.25, 0.3) is 0 Å². The van der Waals surface area contributed by atoms with Gasteiger partial charge in [0, 0.05) is 40.3 Å². The van der Waals surface area contributed by atoms with Crippen LogP contribution >= 0.6 is 15.9 Å². The molecule has 1 aromatic carbocycles. The lowest BCUT2D eigenvalue weighted by molar-refractivity contribution is -0.142. The summed E-state index contributed by atoms with van der Waals surface area (Å²) in [6.07, 6.45) is -1.66. The lowest BCUT2D eigenvalue weighted by atomic mass is 9.86. The van der Waals surface area contributed by atoms with Gasteiger partial charge in [-0.2, -0.15) is 13.2 Å². The Morgan fingerprint density at radius 2 is 2.03 bits per heavy atom. The average molecular weight is 468 g/mol. The van der Waals surface area contributed by atoms with E-state index in [1.165, 1.54) is 17.0 Å². The Balaban J connectivity index is 1.45. The number of carbonyl (C=O) groups is 2. The van der Waals surface area contributed by atoms with Gasteiger partial charge in [-0.3, -0.25) is 14.6 Å². The Bertz CT molecular complexity index is 989. The molecule has 1 N–H and O–H groups in total. The third-order valence-electron chi connectivity index (χ3n) is 5.39. The first kappa shape index (κ1) is 19.9. The minimum Gasteiger partial charge on any atom is -0.350 e. The Morgan fingerprint density at radius 3 is 2.72 bits per heavy atom. The molecular weight excluding hydrogens is 451 g/mol. The van der Waals surface area contributed by atoms with Crippen LogP contribution in [-0.4, -0.2) is 34.8 Å². The minimum absolute atomic E-state index is 0.118. The topological polar surface area (TPSA) is 62.3 Å². The van der Waals surface area contributed by atoms with Crippen molar-refractivity contribution in [3.8, 4) is 0 Å². The third kappa shape index (κ3) is 3.88. The highest BCUT2D eigenvalue weighted by Gasteiger charge is 2.51. The molecule has 0 radical (unpaired) electrons. The maximum atomic E-state index is 13.0. The van der Waals surface area contributed by atoms with E-state index in [2.05, 4.69) is 26.2 Å². The number of nitrogens with one attached hydrogen (secondary N) is 1. The number of alkyl halides is 3. The Hall–Kier alpha value is -2.42. The van der Waals surface area contributed by atoms with Gasteiger partial charge in [-0.25, -0.2) is 0 Å². The zero-order valence-electron chi connectivity index (χ0n) is 15.2. The van der Waals surface area contributed by atoms with E-state index in [0.29, 0.717) is 12.1 Å². The van der Waals surface area contributed by atoms with Gasteiger partial charge in [-0.1, -0.05) is 22.0 Å². The van der Waals surface area contributed by atoms with Gasteiger partial charge in [0.1, 0.15) is 5.69 Å². The first-order valence-electron chi connectivity index (χ1n) is 9.07. The number of halogens is 4. The van der Waals surface area contributed by atoms with E-state index in [4.69, 9.17) is 0 Å². The third-order valence-corrected chi connectivity index (χ3v) is 5.88. The number of hydrogen-bond donors (Lipinski definition) is 1. The number of amides is 2. The highest BCUT2D eigenvalue weighted by Crippen LogP contribution is 2.52. The Labute approximate surface area is 173 Å². The average Bonchev–Trinajstić information content (AvgIpc) is 3.44. The van der Waals surface area contributed by atoms with Crippen LogP contribution in [0, 0.1) is 0 Å². The number of carbonyl (C=O) groups excluding carboxylic acids is 2. The minimum atomic E-state index is -4.60. The number of hydrogen-bond acceptors (Lipinski definition) is 3. The van der Waals surface area contributed by atoms with E-state index in [-0.39, 0.29) is 30.0 Å². The van der Waals surface area contributed by atoms with Crippen molar-refractivity contribution >= 4 is 27.7 Å². The van der Waals surface area contributed by atoms with Crippen molar-refractivity contribution in [1.29, 1.82) is 0 Å². The molecule has 4 rings (SSSR count). The molecule has 0 unspecified atom stereocenters. The van der Waals surface area contributed by atoms with Crippen LogP contribution in [0.15, 0.2) is 41.0 Å². The van der Waals surface area contributed by atoms with Gasteiger partial charge in [-0.05, 0) is 42.7 Å². The van der Waals surface area contributed by atoms with Crippen LogP contribution in [0.4, 0.5) is 13.2 Å². The molecule has 1 fully saturated rings. The molecule has 1 spiro atoms. The van der Waals surface area contributed by atoms with Gasteiger partial charge in [0.2, 0.25) is 5.91 Å². The molecule has 1 aliphatic carbocycles. The summed E-state index contributed by atoms with van der Waals surface area (Å²) in [6, 6.07) is 8.15. The number of fused-ring (bicyclic) bond motifs is 2. The highest BCUT2D eigenvalue weighted by molar-refractivity contribution is 9.10. The number of benzene rings is 1. The molecule has 0 saturated heterocycles. The summed E-state index contributed by atoms with van der Waals surface area (Å²) in [7, 11) is 0. The molecule has 0 atom stereocenters. The zero-order chi connectivity index (χ0) is 20.8. The summed E-state index contributed by atoms with van der Waals surface area (Å²) in [4.78, 5) is 30.0. The van der Waals surface area contributed by atoms with Crippen LogP contribution < -0.4 is 5.32 Å². The van der Waals surface area contributed by atoms with Gasteiger partial charge in [0.05, 0.1) is 6.54 Å². The monoisotopic (exact) mass is 467 g/mol. The predicted octanol–water partition coefficient (Wildman–Crippen LogP) is 3.67. The van der Waals surface area contributed by atoms with Crippen molar-refractivity contribution in [2.75, 3.05) is 13.1 Å². The first-order valence-corrected chi connectivity index (χ1v) is 9.86. The fourth-order valence-corrected chi connectivity index (χ4v) is 4.16. The van der Waals surface area contributed by atoms with Crippen LogP contribution in [0.2, 0.25) is 0 Å². The number of pyridine rings is 1. The summed E-state index contributed by atoms with van der Waals surface area (Å²) in [5.74, 6) is -0.746. The van der Waals surface area contributed by atoms with Gasteiger partial charge in [-0.15, -0.1) is 0 Å². The summed E-state index contributed by atoms with van der Waals surface area (Å²) >= 11 is 3.43. The van der Waals surface area contributed by atoms with Crippen molar-refractivity contribution < 1.29 is 22.8 Å². The van der Waals surface area contributed by atoms with Crippen molar-refractivity contribution in [1.82, 2.24) is 15.2 Å². The molecule has 9 heteroatoms. The van der Waals surface area contributed by atoms with Crippen molar-refractivity contribution in [2.24, 2.45) is 0 Å². The number of nitrogens with zero attached hydrogens (tertiary/aromatic N) is 2. The molecule has 2 aliphatic rings. The zero-order valence-corrected chi connectivity index (χ0v) is 16.8. The van der Waals surface area contributed by atoms with E-state index < -0.39 is 17.8 Å². The molecule has 2 heterocycles. The highest BCUT2D eigenvalue weighted by atomic mass is 79.9. The van der Waals surface area contributed by atoms with Gasteiger partial charge in [0.25, 0.3) is 5.91 Å². The normalized spacial score (nSPS) is 17.2. The summed E-state index contributed by atoms with van der Waals surface area (Å²) in [5, 5.41) is 2.48. The van der Waals surface area contributed by atoms with Crippen LogP contribution in [0.3, 0.4) is 0 Å². The quantitative estimate of drug-likeness (QED) is 0.745. The van der Waals surface area contributed by atoms with E-state index in [9.17, 15) is 22.8 Å². The lowest BCUT2D eigenvalue weighted by Gasteiger charge is -2.34. The van der Waals surface area contributed by atoms with E-state index in [0.717, 1.165) is 29.1 Å². The van der Waals surface area contributed by atoms with Crippen LogP contribution in [-0.2, 0) is 22.9 Å². The maximum Gasteiger partial charge on any atom is 0.433 e. The first-order chi connectivity index (χ1) is 13.7. The molecule has 29 heavy (non-hydrogen) atoms. The van der Waals surface area contributed by atoms with Crippen LogP contribution in [0.5, 0.6) is 0 Å². The van der Waals surface area contributed by atoms with E-state index in [1.807, 2.05) is 6.07 Å². The second-order valence-corrected chi connectivity index (χ2v) is 8.33. The molecule has 1 saturated carbocycles. The second kappa shape index (κ2) is 7.12. The van der Waals surface area contributed by atoms with Gasteiger partial charge in [0.15, 0.2) is 0 Å². The summed E-state index contributed by atoms with van der Waals surface area (Å²) in [5.41, 5.74) is 0.313. The molecule has 1 aromatic heterocycles. The van der Waals surface area contributed by atoms with E-state index in [1.54, 1.807) is 12.1 Å². The fourth-order valence-electron chi connectivity index (χ4n) is 3.80. The largest absolute Gasteiger partial charge is 0.433 e. The molecule has 152 valence electrons. The molecule has 1 aliphatic heterocycles. The van der Waals surface area contributed by atoms with E-state index >= 15 is 0 Å². The predicted molar refractivity (Wildman–Crippen MR) is 102 cm³/mol. The fraction of sp³-hybridized carbons (Fsp3) is 0.350. The van der Waals surface area contributed by atoms with Crippen molar-refractivity contribution in [3.63, 3.8) is 0 Å². The molecule has 2 amide bonds. The Morgan fingerprint density at radius 1 is 1.28 bits per heavy atom. The summed E-state index contributed by atoms with van der Waals surface area (Å²) in [6.45, 7) is -0.0701. The summed E-state index contributed by atoms with van der Waals surface area (Å²) < 4.78 is 40.0. The number of rotatable bonds is 4. The number of aromatic nitrogens is 1. The molecule has 0 bridgehead atoms. The van der Waals surface area contributed by atoms with Crippen molar-refractivity contribution in [3.05, 3.63) is 63.4 Å². The van der Waals surface area contributed by atoms with Crippen molar-refractivity contribution in [2.45, 2.75) is 31.0 Å². The van der Waals surface area contributed by atoms with Crippen LogP contribution in [0.1, 0.15) is 40.0 Å². The SMILES string of the molecule is O=C(CN1CC2(CC2)c2cc(Br)ccc2C1=O)NCc1cccnc1C(F)(F)F. The molecule has 2 aromatic rings. The van der Waals surface area contributed by atoms with Gasteiger partial charge >= 0.3 is 6.18 Å².